The summed E-state index contributed by atoms with van der Waals surface area (Å²) in [6, 6.07) is 13.9. The first-order valence-corrected chi connectivity index (χ1v) is 7.66. The SMILES string of the molecule is O=C(c1ccc([N+](=O)[O-])o1)N1CC(Oc2ccc3ccccc3n2)C1. The van der Waals surface area contributed by atoms with E-state index in [-0.39, 0.29) is 17.8 Å². The number of nitro groups is 1. The number of aromatic nitrogens is 1. The van der Waals surface area contributed by atoms with Crippen LogP contribution in [0, 0.1) is 10.1 Å². The summed E-state index contributed by atoms with van der Waals surface area (Å²) in [5.41, 5.74) is 0.843. The summed E-state index contributed by atoms with van der Waals surface area (Å²) in [6.45, 7) is 0.754. The maximum absolute atomic E-state index is 12.2. The molecule has 25 heavy (non-hydrogen) atoms. The maximum atomic E-state index is 12.2. The molecule has 8 nitrogen and oxygen atoms in total. The van der Waals surface area contributed by atoms with Crippen molar-refractivity contribution in [3.63, 3.8) is 0 Å². The van der Waals surface area contributed by atoms with Crippen molar-refractivity contribution in [2.75, 3.05) is 13.1 Å². The van der Waals surface area contributed by atoms with E-state index in [0.29, 0.717) is 19.0 Å². The Morgan fingerprint density at radius 3 is 2.76 bits per heavy atom. The van der Waals surface area contributed by atoms with E-state index < -0.39 is 10.8 Å². The lowest BCUT2D eigenvalue weighted by atomic mass is 10.1. The zero-order chi connectivity index (χ0) is 17.4. The monoisotopic (exact) mass is 339 g/mol. The molecule has 0 unspecified atom stereocenters. The quantitative estimate of drug-likeness (QED) is 0.535. The number of furan rings is 1. The summed E-state index contributed by atoms with van der Waals surface area (Å²) < 4.78 is 10.7. The number of nitrogens with zero attached hydrogens (tertiary/aromatic N) is 3. The number of rotatable bonds is 4. The molecule has 0 atom stereocenters. The number of carbonyl (C=O) groups excluding carboxylic acids is 1. The van der Waals surface area contributed by atoms with Crippen LogP contribution in [0.4, 0.5) is 5.88 Å². The Morgan fingerprint density at radius 1 is 1.20 bits per heavy atom. The van der Waals surface area contributed by atoms with Crippen LogP contribution in [-0.2, 0) is 0 Å². The Hall–Kier alpha value is -3.42. The number of hydrogen-bond donors (Lipinski definition) is 0. The fraction of sp³-hybridized carbons (Fsp3) is 0.176. The number of amides is 1. The van der Waals surface area contributed by atoms with Gasteiger partial charge in [0.15, 0.2) is 5.76 Å². The van der Waals surface area contributed by atoms with Crippen LogP contribution in [0.3, 0.4) is 0 Å². The van der Waals surface area contributed by atoms with Gasteiger partial charge in [-0.3, -0.25) is 14.9 Å². The highest BCUT2D eigenvalue weighted by Gasteiger charge is 2.35. The number of ether oxygens (including phenoxy) is 1. The van der Waals surface area contributed by atoms with E-state index in [0.717, 1.165) is 10.9 Å². The van der Waals surface area contributed by atoms with E-state index in [1.807, 2.05) is 30.3 Å². The van der Waals surface area contributed by atoms with E-state index in [2.05, 4.69) is 4.98 Å². The zero-order valence-corrected chi connectivity index (χ0v) is 13.0. The van der Waals surface area contributed by atoms with Gasteiger partial charge in [0.1, 0.15) is 11.0 Å². The Labute approximate surface area is 141 Å². The molecule has 1 aliphatic heterocycles. The van der Waals surface area contributed by atoms with Gasteiger partial charge in [-0.1, -0.05) is 18.2 Å². The molecule has 1 fully saturated rings. The minimum absolute atomic E-state index is 0.0472. The van der Waals surface area contributed by atoms with Gasteiger partial charge < -0.3 is 14.1 Å². The molecule has 4 rings (SSSR count). The first-order valence-electron chi connectivity index (χ1n) is 7.66. The number of fused-ring (bicyclic) bond motifs is 1. The Bertz CT molecular complexity index is 962. The molecule has 0 N–H and O–H groups in total. The second-order valence-corrected chi connectivity index (χ2v) is 5.69. The molecule has 0 radical (unpaired) electrons. The first kappa shape index (κ1) is 15.1. The van der Waals surface area contributed by atoms with Gasteiger partial charge in [0.2, 0.25) is 5.88 Å². The summed E-state index contributed by atoms with van der Waals surface area (Å²) in [6.07, 6.45) is -0.164. The van der Waals surface area contributed by atoms with Crippen LogP contribution < -0.4 is 4.74 Å². The molecule has 1 aliphatic rings. The lowest BCUT2D eigenvalue weighted by molar-refractivity contribution is -0.402. The van der Waals surface area contributed by atoms with Gasteiger partial charge in [-0.2, -0.15) is 0 Å². The summed E-state index contributed by atoms with van der Waals surface area (Å²) >= 11 is 0. The van der Waals surface area contributed by atoms with Crippen molar-refractivity contribution in [2.24, 2.45) is 0 Å². The van der Waals surface area contributed by atoms with Crippen LogP contribution in [0.2, 0.25) is 0 Å². The molecule has 0 bridgehead atoms. The van der Waals surface area contributed by atoms with E-state index in [4.69, 9.17) is 9.15 Å². The predicted molar refractivity (Wildman–Crippen MR) is 87.4 cm³/mol. The van der Waals surface area contributed by atoms with Gasteiger partial charge in [0, 0.05) is 11.5 Å². The van der Waals surface area contributed by atoms with Crippen molar-refractivity contribution in [1.29, 1.82) is 0 Å². The molecule has 1 saturated heterocycles. The summed E-state index contributed by atoms with van der Waals surface area (Å²) in [7, 11) is 0. The van der Waals surface area contributed by atoms with Gasteiger partial charge in [0.05, 0.1) is 24.7 Å². The van der Waals surface area contributed by atoms with Gasteiger partial charge in [0.25, 0.3) is 5.91 Å². The predicted octanol–water partition coefficient (Wildman–Crippen LogP) is 2.64. The number of hydrogen-bond acceptors (Lipinski definition) is 6. The number of likely N-dealkylation sites (tertiary alicyclic amines) is 1. The smallest absolute Gasteiger partial charge is 0.433 e. The second-order valence-electron chi connectivity index (χ2n) is 5.69. The van der Waals surface area contributed by atoms with Crippen LogP contribution in [0.1, 0.15) is 10.6 Å². The molecule has 1 amide bonds. The molecule has 0 spiro atoms. The molecule has 3 aromatic rings. The molecular weight excluding hydrogens is 326 g/mol. The fourth-order valence-corrected chi connectivity index (χ4v) is 2.66. The molecule has 126 valence electrons. The average molecular weight is 339 g/mol. The molecule has 2 aromatic heterocycles. The van der Waals surface area contributed by atoms with Gasteiger partial charge in [-0.15, -0.1) is 0 Å². The minimum atomic E-state index is -0.676. The Kier molecular flexibility index (Phi) is 3.57. The van der Waals surface area contributed by atoms with Crippen LogP contribution in [0.15, 0.2) is 52.9 Å². The maximum Gasteiger partial charge on any atom is 0.433 e. The zero-order valence-electron chi connectivity index (χ0n) is 13.0. The molecule has 3 heterocycles. The second kappa shape index (κ2) is 5.90. The number of benzene rings is 1. The molecular formula is C17H13N3O5. The van der Waals surface area contributed by atoms with Crippen molar-refractivity contribution >= 4 is 22.7 Å². The summed E-state index contributed by atoms with van der Waals surface area (Å²) in [5.74, 6) is -0.380. The largest absolute Gasteiger partial charge is 0.471 e. The highest BCUT2D eigenvalue weighted by molar-refractivity contribution is 5.92. The van der Waals surface area contributed by atoms with Gasteiger partial charge >= 0.3 is 5.88 Å². The van der Waals surface area contributed by atoms with Gasteiger partial charge in [-0.05, 0) is 18.2 Å². The standard InChI is InChI=1S/C17H13N3O5/c21-17(14-6-8-16(25-14)20(22)23)19-9-12(10-19)24-15-7-5-11-3-1-2-4-13(11)18-15/h1-8,12H,9-10H2. The first-order chi connectivity index (χ1) is 12.1. The third-order valence-electron chi connectivity index (χ3n) is 3.98. The number of pyridine rings is 1. The van der Waals surface area contributed by atoms with Crippen molar-refractivity contribution in [2.45, 2.75) is 6.10 Å². The van der Waals surface area contributed by atoms with Crippen molar-refractivity contribution < 1.29 is 18.9 Å². The Balaban J connectivity index is 1.37. The van der Waals surface area contributed by atoms with Crippen molar-refractivity contribution in [1.82, 2.24) is 9.88 Å². The molecule has 8 heteroatoms. The Morgan fingerprint density at radius 2 is 2.00 bits per heavy atom. The topological polar surface area (TPSA) is 98.7 Å². The normalized spacial score (nSPS) is 14.3. The number of carbonyl (C=O) groups is 1. The van der Waals surface area contributed by atoms with Crippen molar-refractivity contribution in [3.05, 3.63) is 64.4 Å². The molecule has 0 saturated carbocycles. The van der Waals surface area contributed by atoms with Crippen LogP contribution in [0.25, 0.3) is 10.9 Å². The van der Waals surface area contributed by atoms with Gasteiger partial charge in [-0.25, -0.2) is 4.98 Å². The lowest BCUT2D eigenvalue weighted by Crippen LogP contribution is -2.56. The van der Waals surface area contributed by atoms with Crippen LogP contribution >= 0.6 is 0 Å². The summed E-state index contributed by atoms with van der Waals surface area (Å²) in [5, 5.41) is 11.6. The average Bonchev–Trinajstić information content (AvgIpc) is 3.07. The third kappa shape index (κ3) is 2.89. The molecule has 0 aliphatic carbocycles. The molecule has 1 aromatic carbocycles. The lowest BCUT2D eigenvalue weighted by Gasteiger charge is -2.38. The van der Waals surface area contributed by atoms with E-state index in [1.165, 1.54) is 17.0 Å². The van der Waals surface area contributed by atoms with Crippen molar-refractivity contribution in [3.8, 4) is 5.88 Å². The van der Waals surface area contributed by atoms with E-state index in [1.54, 1.807) is 6.07 Å². The van der Waals surface area contributed by atoms with Crippen LogP contribution in [-0.4, -0.2) is 39.9 Å². The van der Waals surface area contributed by atoms with E-state index in [9.17, 15) is 14.9 Å². The fourth-order valence-electron chi connectivity index (χ4n) is 2.66. The minimum Gasteiger partial charge on any atom is -0.471 e. The third-order valence-corrected chi connectivity index (χ3v) is 3.98. The number of para-hydroxylation sites is 1. The highest BCUT2D eigenvalue weighted by atomic mass is 16.6. The highest BCUT2D eigenvalue weighted by Crippen LogP contribution is 2.23. The van der Waals surface area contributed by atoms with Crippen LogP contribution in [0.5, 0.6) is 5.88 Å². The summed E-state index contributed by atoms with van der Waals surface area (Å²) in [4.78, 5) is 28.0. The van der Waals surface area contributed by atoms with E-state index >= 15 is 0 Å².